The van der Waals surface area contributed by atoms with Crippen LogP contribution in [0, 0.1) is 11.6 Å². The summed E-state index contributed by atoms with van der Waals surface area (Å²) in [7, 11) is 0. The summed E-state index contributed by atoms with van der Waals surface area (Å²) in [6, 6.07) is 15.0. The number of hydrogen-bond donors (Lipinski definition) is 0. The number of thiophene rings is 1. The smallest absolute Gasteiger partial charge is 0.231 e. The van der Waals surface area contributed by atoms with E-state index in [1.54, 1.807) is 11.0 Å². The predicted molar refractivity (Wildman–Crippen MR) is 102 cm³/mol. The van der Waals surface area contributed by atoms with E-state index in [1.165, 1.54) is 17.4 Å². The fourth-order valence-corrected chi connectivity index (χ4v) is 3.53. The largest absolute Gasteiger partial charge is 0.307 e. The SMILES string of the molecule is C=CCN(C(=O)Cc1ccc(F)cc1F)c1csc(-c2ccccc2)c1. The minimum Gasteiger partial charge on any atom is -0.307 e. The molecule has 26 heavy (non-hydrogen) atoms. The summed E-state index contributed by atoms with van der Waals surface area (Å²) in [5, 5.41) is 1.89. The van der Waals surface area contributed by atoms with E-state index in [4.69, 9.17) is 0 Å². The van der Waals surface area contributed by atoms with Gasteiger partial charge in [-0.1, -0.05) is 42.5 Å². The number of carbonyl (C=O) groups excluding carboxylic acids is 1. The Bertz CT molecular complexity index is 921. The van der Waals surface area contributed by atoms with Crippen molar-refractivity contribution >= 4 is 22.9 Å². The molecule has 1 amide bonds. The van der Waals surface area contributed by atoms with Crippen molar-refractivity contribution in [3.05, 3.63) is 89.8 Å². The lowest BCUT2D eigenvalue weighted by molar-refractivity contribution is -0.117. The standard InChI is InChI=1S/C21H17F2NOS/c1-2-10-24(21(25)11-16-8-9-17(22)12-19(16)23)18-13-20(26-14-18)15-6-4-3-5-7-15/h2-9,12-14H,1,10-11H2. The van der Waals surface area contributed by atoms with Crippen molar-refractivity contribution in [1.29, 1.82) is 0 Å². The van der Waals surface area contributed by atoms with Crippen molar-refractivity contribution in [2.75, 3.05) is 11.4 Å². The third-order valence-corrected chi connectivity index (χ3v) is 4.89. The highest BCUT2D eigenvalue weighted by atomic mass is 32.1. The number of rotatable bonds is 6. The minimum absolute atomic E-state index is 0.142. The highest BCUT2D eigenvalue weighted by molar-refractivity contribution is 7.14. The number of halogens is 2. The van der Waals surface area contributed by atoms with Gasteiger partial charge in [-0.3, -0.25) is 4.79 Å². The number of anilines is 1. The van der Waals surface area contributed by atoms with Crippen molar-refractivity contribution < 1.29 is 13.6 Å². The van der Waals surface area contributed by atoms with E-state index in [9.17, 15) is 13.6 Å². The molecular weight excluding hydrogens is 352 g/mol. The Kier molecular flexibility index (Phi) is 5.58. The van der Waals surface area contributed by atoms with Gasteiger partial charge in [0.15, 0.2) is 0 Å². The molecule has 0 radical (unpaired) electrons. The number of carbonyl (C=O) groups is 1. The average Bonchev–Trinajstić information content (AvgIpc) is 3.12. The third kappa shape index (κ3) is 4.06. The summed E-state index contributed by atoms with van der Waals surface area (Å²) < 4.78 is 26.9. The maximum Gasteiger partial charge on any atom is 0.231 e. The van der Waals surface area contributed by atoms with Gasteiger partial charge in [0, 0.05) is 22.9 Å². The topological polar surface area (TPSA) is 20.3 Å². The van der Waals surface area contributed by atoms with Crippen LogP contribution in [0.25, 0.3) is 10.4 Å². The zero-order valence-electron chi connectivity index (χ0n) is 14.0. The van der Waals surface area contributed by atoms with Crippen LogP contribution < -0.4 is 4.90 Å². The molecule has 132 valence electrons. The van der Waals surface area contributed by atoms with E-state index >= 15 is 0 Å². The molecular formula is C21H17F2NOS. The van der Waals surface area contributed by atoms with Crippen LogP contribution >= 0.6 is 11.3 Å². The predicted octanol–water partition coefficient (Wildman–Crippen LogP) is 5.46. The first-order valence-electron chi connectivity index (χ1n) is 8.07. The molecule has 0 saturated heterocycles. The molecule has 0 N–H and O–H groups in total. The zero-order valence-corrected chi connectivity index (χ0v) is 14.8. The molecule has 3 rings (SSSR count). The van der Waals surface area contributed by atoms with Gasteiger partial charge in [-0.05, 0) is 23.3 Å². The summed E-state index contributed by atoms with van der Waals surface area (Å²) in [6.45, 7) is 4.01. The third-order valence-electron chi connectivity index (χ3n) is 3.93. The lowest BCUT2D eigenvalue weighted by Crippen LogP contribution is -2.32. The Labute approximate surface area is 155 Å². The second-order valence-electron chi connectivity index (χ2n) is 5.74. The van der Waals surface area contributed by atoms with E-state index in [-0.39, 0.29) is 17.9 Å². The van der Waals surface area contributed by atoms with Crippen LogP contribution in [-0.4, -0.2) is 12.5 Å². The summed E-state index contributed by atoms with van der Waals surface area (Å²) in [4.78, 5) is 15.3. The van der Waals surface area contributed by atoms with Crippen LogP contribution in [0.2, 0.25) is 0 Å². The molecule has 0 atom stereocenters. The Hall–Kier alpha value is -2.79. The number of benzene rings is 2. The molecule has 1 aromatic heterocycles. The van der Waals surface area contributed by atoms with Gasteiger partial charge in [0.25, 0.3) is 0 Å². The molecule has 0 aliphatic heterocycles. The van der Waals surface area contributed by atoms with Gasteiger partial charge in [-0.25, -0.2) is 8.78 Å². The van der Waals surface area contributed by atoms with Crippen LogP contribution in [0.4, 0.5) is 14.5 Å². The molecule has 0 aliphatic carbocycles. The Morgan fingerprint density at radius 1 is 1.12 bits per heavy atom. The average molecular weight is 369 g/mol. The highest BCUT2D eigenvalue weighted by Crippen LogP contribution is 2.32. The zero-order chi connectivity index (χ0) is 18.5. The lowest BCUT2D eigenvalue weighted by Gasteiger charge is -2.20. The molecule has 0 unspecified atom stereocenters. The Morgan fingerprint density at radius 2 is 1.88 bits per heavy atom. The van der Waals surface area contributed by atoms with E-state index in [0.29, 0.717) is 6.54 Å². The quantitative estimate of drug-likeness (QED) is 0.529. The Morgan fingerprint density at radius 3 is 2.58 bits per heavy atom. The fraction of sp³-hybridized carbons (Fsp3) is 0.0952. The van der Waals surface area contributed by atoms with Gasteiger partial charge >= 0.3 is 0 Å². The van der Waals surface area contributed by atoms with Gasteiger partial charge in [0.2, 0.25) is 5.91 Å². The monoisotopic (exact) mass is 369 g/mol. The van der Waals surface area contributed by atoms with Gasteiger partial charge < -0.3 is 4.90 Å². The maximum atomic E-state index is 13.9. The number of nitrogens with zero attached hydrogens (tertiary/aromatic N) is 1. The molecule has 0 bridgehead atoms. The first-order valence-corrected chi connectivity index (χ1v) is 8.95. The molecule has 2 aromatic carbocycles. The lowest BCUT2D eigenvalue weighted by atomic mass is 10.1. The molecule has 1 heterocycles. The maximum absolute atomic E-state index is 13.9. The van der Waals surface area contributed by atoms with Crippen molar-refractivity contribution in [3.8, 4) is 10.4 Å². The van der Waals surface area contributed by atoms with Crippen LogP contribution in [-0.2, 0) is 11.2 Å². The van der Waals surface area contributed by atoms with Crippen molar-refractivity contribution in [2.24, 2.45) is 0 Å². The fourth-order valence-electron chi connectivity index (χ4n) is 2.63. The minimum atomic E-state index is -0.716. The summed E-state index contributed by atoms with van der Waals surface area (Å²) >= 11 is 1.53. The molecule has 0 saturated carbocycles. The number of amides is 1. The second kappa shape index (κ2) is 8.06. The summed E-state index contributed by atoms with van der Waals surface area (Å²) in [5.41, 5.74) is 1.98. The van der Waals surface area contributed by atoms with Gasteiger partial charge in [-0.2, -0.15) is 0 Å². The summed E-state index contributed by atoms with van der Waals surface area (Å²) in [6.07, 6.45) is 1.48. The molecule has 0 fully saturated rings. The molecule has 0 aliphatic rings. The van der Waals surface area contributed by atoms with Crippen LogP contribution in [0.3, 0.4) is 0 Å². The molecule has 2 nitrogen and oxygen atoms in total. The number of hydrogen-bond acceptors (Lipinski definition) is 2. The van der Waals surface area contributed by atoms with Crippen molar-refractivity contribution in [1.82, 2.24) is 0 Å². The molecule has 5 heteroatoms. The second-order valence-corrected chi connectivity index (χ2v) is 6.65. The Balaban J connectivity index is 1.83. The first-order chi connectivity index (χ1) is 12.6. The van der Waals surface area contributed by atoms with E-state index in [1.807, 2.05) is 41.8 Å². The van der Waals surface area contributed by atoms with Gasteiger partial charge in [0.1, 0.15) is 11.6 Å². The van der Waals surface area contributed by atoms with E-state index in [2.05, 4.69) is 6.58 Å². The van der Waals surface area contributed by atoms with Gasteiger partial charge in [0.05, 0.1) is 12.1 Å². The van der Waals surface area contributed by atoms with Crippen LogP contribution in [0.15, 0.2) is 72.6 Å². The van der Waals surface area contributed by atoms with E-state index < -0.39 is 11.6 Å². The van der Waals surface area contributed by atoms with Crippen molar-refractivity contribution in [3.63, 3.8) is 0 Å². The molecule has 3 aromatic rings. The van der Waals surface area contributed by atoms with Crippen LogP contribution in [0.1, 0.15) is 5.56 Å². The first kappa shape index (κ1) is 18.0. The van der Waals surface area contributed by atoms with Crippen molar-refractivity contribution in [2.45, 2.75) is 6.42 Å². The van der Waals surface area contributed by atoms with E-state index in [0.717, 1.165) is 28.3 Å². The highest BCUT2D eigenvalue weighted by Gasteiger charge is 2.18. The van der Waals surface area contributed by atoms with Crippen LogP contribution in [0.5, 0.6) is 0 Å². The normalized spacial score (nSPS) is 10.5. The summed E-state index contributed by atoms with van der Waals surface area (Å²) in [5.74, 6) is -1.65. The molecule has 0 spiro atoms. The van der Waals surface area contributed by atoms with Gasteiger partial charge in [-0.15, -0.1) is 17.9 Å².